The fraction of sp³-hybridized carbons (Fsp3) is 1.00. The van der Waals surface area contributed by atoms with E-state index >= 15 is 0 Å². The van der Waals surface area contributed by atoms with Crippen LogP contribution in [0.3, 0.4) is 0 Å². The van der Waals surface area contributed by atoms with E-state index < -0.39 is 274 Å². The predicted molar refractivity (Wildman–Crippen MR) is 615 cm³/mol. The lowest BCUT2D eigenvalue weighted by molar-refractivity contribution is 0.0403. The normalized spacial score (nSPS) is 16.1. The number of hydrogen-bond donors (Lipinski definition) is 1. The first kappa shape index (κ1) is 141. The first-order chi connectivity index (χ1) is 56.9. The molecule has 0 saturated heterocycles. The summed E-state index contributed by atoms with van der Waals surface area (Å²) in [7, 11) is -85.7. The van der Waals surface area contributed by atoms with E-state index in [-0.39, 0.29) is 0 Å². The molecule has 1 N–H and O–H groups in total. The second-order valence-corrected chi connectivity index (χ2v) is 166. The standard InChI is InChI=1S/C64H192O33Si31.C3H10OSi/c1-65-128(66-2,67-3)97-127(63,64)96-126(61,62)95-125(59,60)94-124(57,58)93-123(55,56)92-122(53,54)91-121(51,52)90-120(49,50)89-119(47,48)88-118(45,46)87-117(43,44)86-116(41,42)85-115(39,40)84-114(37,38)83-113(35,36)82-112(33,34)81-111(31,32)80-110(29,30)79-109(27,28)78-108(25,26)77-107(23,24)76-106(21,22)75-105(19,20)74-104(17,18)73-103(15,16)72-102(13,14)71-101(11,12)70-100(9,10)69-99(7,8)68-98(4,5)6;1-5(2,3)4/h1-64H3;4H,1-3H3. The highest BCUT2D eigenvalue weighted by atomic mass is 28.6. The maximum Gasteiger partial charge on any atom is 0.669 e. The van der Waals surface area contributed by atoms with E-state index in [1.807, 2.05) is 229 Å². The molecular formula is C67H202O34Si32. The van der Waals surface area contributed by atoms with E-state index in [1.165, 1.54) is 21.3 Å². The first-order valence-corrected chi connectivity index (χ1v) is 136. The van der Waals surface area contributed by atoms with Gasteiger partial charge in [-0.1, -0.05) is 0 Å². The number of rotatable bonds is 63. The van der Waals surface area contributed by atoms with Crippen LogP contribution in [0, 0.1) is 0 Å². The van der Waals surface area contributed by atoms with Crippen LogP contribution in [0.1, 0.15) is 0 Å². The van der Waals surface area contributed by atoms with Crippen molar-refractivity contribution in [3.63, 3.8) is 0 Å². The largest absolute Gasteiger partial charge is 0.669 e. The Morgan fingerprint density at radius 3 is 0.203 bits per heavy atom. The lowest BCUT2D eigenvalue weighted by Gasteiger charge is -2.45. The van der Waals surface area contributed by atoms with Crippen molar-refractivity contribution in [1.82, 2.24) is 0 Å². The van der Waals surface area contributed by atoms with E-state index in [1.54, 1.807) is 0 Å². The molecule has 0 radical (unpaired) electrons. The molecule has 0 aromatic heterocycles. The van der Waals surface area contributed by atoms with Gasteiger partial charge >= 0.3 is 257 Å². The summed E-state index contributed by atoms with van der Waals surface area (Å²) >= 11 is 0. The van der Waals surface area contributed by atoms with Gasteiger partial charge in [-0.25, -0.2) is 0 Å². The molecule has 34 nitrogen and oxygen atoms in total. The van der Waals surface area contributed by atoms with E-state index in [2.05, 4.69) is 190 Å². The van der Waals surface area contributed by atoms with Gasteiger partial charge in [0.15, 0.2) is 16.6 Å². The molecule has 0 fully saturated rings. The van der Waals surface area contributed by atoms with Gasteiger partial charge in [-0.05, 0) is 419 Å². The van der Waals surface area contributed by atoms with Crippen molar-refractivity contribution < 1.29 is 142 Å². The molecule has 0 amide bonds. The highest BCUT2D eigenvalue weighted by molar-refractivity contribution is 6.99. The van der Waals surface area contributed by atoms with Crippen molar-refractivity contribution in [2.24, 2.45) is 0 Å². The molecule has 0 aliphatic rings. The summed E-state index contributed by atoms with van der Waals surface area (Å²) < 4.78 is 224. The molecule has 0 aromatic carbocycles. The monoisotopic (exact) mass is 2450 g/mol. The third kappa shape index (κ3) is 66.8. The highest BCUT2D eigenvalue weighted by Crippen LogP contribution is 2.39. The van der Waals surface area contributed by atoms with Crippen molar-refractivity contribution in [1.29, 1.82) is 0 Å². The van der Waals surface area contributed by atoms with Gasteiger partial charge in [0, 0.05) is 21.3 Å². The molecule has 0 rings (SSSR count). The summed E-state index contributed by atoms with van der Waals surface area (Å²) in [4.78, 5) is 8.66. The van der Waals surface area contributed by atoms with Crippen LogP contribution in [0.4, 0.5) is 0 Å². The molecular weight excluding hydrogens is 2250 g/mol. The van der Waals surface area contributed by atoms with Crippen LogP contribution in [0.2, 0.25) is 419 Å². The Bertz CT molecular complexity index is 3430. The zero-order chi connectivity index (χ0) is 107. The van der Waals surface area contributed by atoms with Crippen molar-refractivity contribution in [2.75, 3.05) is 21.3 Å². The highest BCUT2D eigenvalue weighted by Gasteiger charge is 2.59. The summed E-state index contributed by atoms with van der Waals surface area (Å²) in [5.74, 6) is 0. The second-order valence-electron chi connectivity index (χ2n) is 49.1. The Labute approximate surface area is 847 Å². The third-order valence-electron chi connectivity index (χ3n) is 15.4. The Morgan fingerprint density at radius 2 is 0.150 bits per heavy atom. The van der Waals surface area contributed by atoms with E-state index in [9.17, 15) is 0 Å². The smallest absolute Gasteiger partial charge is 0.437 e. The van der Waals surface area contributed by atoms with Gasteiger partial charge in [-0.15, -0.1) is 0 Å². The molecule has 133 heavy (non-hydrogen) atoms. The van der Waals surface area contributed by atoms with Crippen LogP contribution in [0.5, 0.6) is 0 Å². The van der Waals surface area contributed by atoms with E-state index in [0.717, 1.165) is 0 Å². The summed E-state index contributed by atoms with van der Waals surface area (Å²) in [5.41, 5.74) is 0. The summed E-state index contributed by atoms with van der Waals surface area (Å²) in [6.07, 6.45) is 0. The zero-order valence-electron chi connectivity index (χ0n) is 96.9. The quantitative estimate of drug-likeness (QED) is 0.0553. The van der Waals surface area contributed by atoms with Crippen molar-refractivity contribution >= 4 is 274 Å². The van der Waals surface area contributed by atoms with Gasteiger partial charge < -0.3 is 142 Å². The van der Waals surface area contributed by atoms with E-state index in [0.29, 0.717) is 0 Å². The van der Waals surface area contributed by atoms with E-state index in [4.69, 9.17) is 142 Å². The van der Waals surface area contributed by atoms with Crippen molar-refractivity contribution in [2.45, 2.75) is 419 Å². The minimum absolute atomic E-state index is 1.50. The van der Waals surface area contributed by atoms with Crippen LogP contribution in [-0.4, -0.2) is 300 Å². The van der Waals surface area contributed by atoms with Crippen LogP contribution < -0.4 is 0 Å². The topological polar surface area (TPSA) is 325 Å². The van der Waals surface area contributed by atoms with Crippen LogP contribution >= 0.6 is 0 Å². The molecule has 802 valence electrons. The molecule has 66 heteroatoms. The van der Waals surface area contributed by atoms with Gasteiger partial charge in [-0.3, -0.25) is 0 Å². The van der Waals surface area contributed by atoms with Crippen molar-refractivity contribution in [3.8, 4) is 0 Å². The average Bonchev–Trinajstić information content (AvgIpc) is 0.735. The minimum Gasteiger partial charge on any atom is -0.437 e. The predicted octanol–water partition coefficient (Wildman–Crippen LogP) is 22.9. The molecule has 0 bridgehead atoms. The molecule has 0 unspecified atom stereocenters. The van der Waals surface area contributed by atoms with Crippen LogP contribution in [0.25, 0.3) is 0 Å². The van der Waals surface area contributed by atoms with Gasteiger partial charge in [-0.2, -0.15) is 0 Å². The number of hydrogen-bond acceptors (Lipinski definition) is 34. The SMILES string of the molecule is CO[Si](OC)(OC)O[Si](C)(C)O[Si](C)(C)O[Si](C)(C)O[Si](C)(C)O[Si](C)(C)O[Si](C)(C)O[Si](C)(C)O[Si](C)(C)O[Si](C)(C)O[Si](C)(C)O[Si](C)(C)O[Si](C)(C)O[Si](C)(C)O[Si](C)(C)O[Si](C)(C)O[Si](C)(C)O[Si](C)(C)O[Si](C)(C)O[Si](C)(C)O[Si](C)(C)O[Si](C)(C)O[Si](C)(C)O[Si](C)(C)O[Si](C)(C)O[Si](C)(C)O[Si](C)(C)O[Si](C)(C)O[Si](C)(C)O[Si](C)(C)O[Si](C)(C)C.C[Si](C)(C)O. The Hall–Kier alpha value is 5.58. The lowest BCUT2D eigenvalue weighted by atomic mass is 11.8. The third-order valence-corrected chi connectivity index (χ3v) is 134. The fourth-order valence-corrected chi connectivity index (χ4v) is 177. The first-order valence-electron chi connectivity index (χ1n) is 46.3. The summed E-state index contributed by atoms with van der Waals surface area (Å²) in [6.45, 7) is 131. The maximum absolute atomic E-state index is 8.66. The Kier molecular flexibility index (Phi) is 51.0. The van der Waals surface area contributed by atoms with Gasteiger partial charge in [0.05, 0.1) is 0 Å². The van der Waals surface area contributed by atoms with Gasteiger partial charge in [0.25, 0.3) is 0 Å². The molecule has 0 aliphatic heterocycles. The fourth-order valence-electron chi connectivity index (χ4n) is 18.6. The van der Waals surface area contributed by atoms with Crippen LogP contribution in [0.15, 0.2) is 0 Å². The maximum atomic E-state index is 8.66. The molecule has 0 aromatic rings. The molecule has 0 heterocycles. The molecule has 0 spiro atoms. The average molecular weight is 2450 g/mol. The Morgan fingerprint density at radius 1 is 0.0977 bits per heavy atom. The van der Waals surface area contributed by atoms with Gasteiger partial charge in [0.1, 0.15) is 0 Å². The van der Waals surface area contributed by atoms with Gasteiger partial charge in [0.2, 0.25) is 0 Å². The summed E-state index contributed by atoms with van der Waals surface area (Å²) in [5, 5.41) is 0. The summed E-state index contributed by atoms with van der Waals surface area (Å²) in [6, 6.07) is 0. The second kappa shape index (κ2) is 48.3. The van der Waals surface area contributed by atoms with Crippen molar-refractivity contribution in [3.05, 3.63) is 0 Å². The molecule has 0 atom stereocenters. The Balaban J connectivity index is 0. The lowest BCUT2D eigenvalue weighted by Crippen LogP contribution is -2.63. The zero-order valence-corrected chi connectivity index (χ0v) is 129. The van der Waals surface area contributed by atoms with Crippen LogP contribution in [-0.2, 0) is 137 Å². The molecule has 0 saturated carbocycles. The molecule has 0 aliphatic carbocycles. The minimum atomic E-state index is -3.38.